The van der Waals surface area contributed by atoms with E-state index in [0.717, 1.165) is 45.4 Å². The molecule has 2 rings (SSSR count). The third-order valence-corrected chi connectivity index (χ3v) is 7.41. The molecule has 0 bridgehead atoms. The minimum absolute atomic E-state index is 0.394. The molecule has 2 saturated heterocycles. The van der Waals surface area contributed by atoms with E-state index in [0.29, 0.717) is 32.2 Å². The van der Waals surface area contributed by atoms with Crippen LogP contribution in [0.1, 0.15) is 19.3 Å². The van der Waals surface area contributed by atoms with Crippen molar-refractivity contribution in [1.29, 1.82) is 0 Å². The second-order valence-electron chi connectivity index (χ2n) is 6.75. The summed E-state index contributed by atoms with van der Waals surface area (Å²) in [6, 6.07) is 0.394. The van der Waals surface area contributed by atoms with Crippen molar-refractivity contribution in [3.63, 3.8) is 0 Å². The number of sulfonamides is 2. The first-order valence-electron chi connectivity index (χ1n) is 8.52. The first kappa shape index (κ1) is 20.1. The van der Waals surface area contributed by atoms with Crippen molar-refractivity contribution >= 4 is 20.0 Å². The molecule has 0 aliphatic carbocycles. The second-order valence-corrected chi connectivity index (χ2v) is 10.7. The summed E-state index contributed by atoms with van der Waals surface area (Å²) in [5, 5.41) is 3.51. The molecule has 142 valence electrons. The van der Waals surface area contributed by atoms with Gasteiger partial charge in [-0.15, -0.1) is 0 Å². The second kappa shape index (κ2) is 8.41. The van der Waals surface area contributed by atoms with E-state index in [1.165, 1.54) is 16.8 Å². The van der Waals surface area contributed by atoms with Gasteiger partial charge in [-0.05, 0) is 32.4 Å². The van der Waals surface area contributed by atoms with Crippen LogP contribution in [0.2, 0.25) is 0 Å². The van der Waals surface area contributed by atoms with E-state index in [2.05, 4.69) is 10.2 Å². The van der Waals surface area contributed by atoms with Crippen LogP contribution in [-0.4, -0.2) is 101 Å². The van der Waals surface area contributed by atoms with Crippen LogP contribution in [0.3, 0.4) is 0 Å². The predicted molar refractivity (Wildman–Crippen MR) is 94.9 cm³/mol. The Labute approximate surface area is 146 Å². The van der Waals surface area contributed by atoms with Gasteiger partial charge in [0.1, 0.15) is 0 Å². The fraction of sp³-hybridized carbons (Fsp3) is 1.00. The lowest BCUT2D eigenvalue weighted by molar-refractivity contribution is 0.185. The molecule has 0 unspecified atom stereocenters. The van der Waals surface area contributed by atoms with Crippen LogP contribution in [0.5, 0.6) is 0 Å². The molecule has 1 N–H and O–H groups in total. The highest BCUT2D eigenvalue weighted by molar-refractivity contribution is 7.88. The lowest BCUT2D eigenvalue weighted by Crippen LogP contribution is -2.49. The molecule has 2 heterocycles. The zero-order valence-corrected chi connectivity index (χ0v) is 16.3. The first-order chi connectivity index (χ1) is 11.2. The van der Waals surface area contributed by atoms with Crippen molar-refractivity contribution < 1.29 is 16.8 Å². The molecule has 0 atom stereocenters. The highest BCUT2D eigenvalue weighted by atomic mass is 32.2. The molecule has 0 radical (unpaired) electrons. The number of rotatable bonds is 7. The van der Waals surface area contributed by atoms with Crippen LogP contribution in [0.25, 0.3) is 0 Å². The maximum atomic E-state index is 11.5. The summed E-state index contributed by atoms with van der Waals surface area (Å²) in [4.78, 5) is 2.30. The molecule has 2 fully saturated rings. The number of nitrogens with one attached hydrogen (secondary N) is 1. The summed E-state index contributed by atoms with van der Waals surface area (Å²) in [7, 11) is -6.11. The molecule has 0 saturated carbocycles. The molecule has 24 heavy (non-hydrogen) atoms. The zero-order chi connectivity index (χ0) is 17.8. The normalized spacial score (nSPS) is 23.6. The monoisotopic (exact) mass is 382 g/mol. The fourth-order valence-electron chi connectivity index (χ4n) is 3.29. The Morgan fingerprint density at radius 3 is 1.83 bits per heavy atom. The SMILES string of the molecule is CS(=O)(=O)N1CCC(NCCCN2CCN(S(C)(=O)=O)CC2)CC1. The van der Waals surface area contributed by atoms with Gasteiger partial charge in [0.05, 0.1) is 12.5 Å². The van der Waals surface area contributed by atoms with E-state index < -0.39 is 20.0 Å². The highest BCUT2D eigenvalue weighted by Gasteiger charge is 2.25. The molecule has 8 nitrogen and oxygen atoms in total. The first-order valence-corrected chi connectivity index (χ1v) is 12.2. The minimum atomic E-state index is -3.06. The molecule has 0 spiro atoms. The fourth-order valence-corrected chi connectivity index (χ4v) is 4.99. The summed E-state index contributed by atoms with van der Waals surface area (Å²) in [5.41, 5.74) is 0. The van der Waals surface area contributed by atoms with Gasteiger partial charge in [0.2, 0.25) is 20.0 Å². The number of piperidine rings is 1. The number of hydrogen-bond donors (Lipinski definition) is 1. The van der Waals surface area contributed by atoms with Crippen LogP contribution in [0.4, 0.5) is 0 Å². The van der Waals surface area contributed by atoms with E-state index in [9.17, 15) is 16.8 Å². The standard InChI is InChI=1S/C14H30N4O4S2/c1-23(19,20)17-8-4-14(5-9-17)15-6-3-7-16-10-12-18(13-11-16)24(2,21)22/h14-15H,3-13H2,1-2H3. The molecule has 2 aliphatic heterocycles. The summed E-state index contributed by atoms with van der Waals surface area (Å²) >= 11 is 0. The van der Waals surface area contributed by atoms with E-state index in [1.54, 1.807) is 4.31 Å². The van der Waals surface area contributed by atoms with Crippen molar-refractivity contribution in [3.05, 3.63) is 0 Å². The van der Waals surface area contributed by atoms with Crippen molar-refractivity contribution in [2.45, 2.75) is 25.3 Å². The molecular formula is C14H30N4O4S2. The molecule has 10 heteroatoms. The third-order valence-electron chi connectivity index (χ3n) is 4.81. The summed E-state index contributed by atoms with van der Waals surface area (Å²) < 4.78 is 49.0. The van der Waals surface area contributed by atoms with Gasteiger partial charge in [0, 0.05) is 45.3 Å². The van der Waals surface area contributed by atoms with Crippen LogP contribution in [-0.2, 0) is 20.0 Å². The van der Waals surface area contributed by atoms with Gasteiger partial charge in [0.25, 0.3) is 0 Å². The molecule has 0 aromatic rings. The molecule has 0 aromatic carbocycles. The van der Waals surface area contributed by atoms with Crippen LogP contribution in [0.15, 0.2) is 0 Å². The average molecular weight is 383 g/mol. The van der Waals surface area contributed by atoms with Crippen molar-refractivity contribution in [2.24, 2.45) is 0 Å². The average Bonchev–Trinajstić information content (AvgIpc) is 2.51. The Balaban J connectivity index is 1.57. The smallest absolute Gasteiger partial charge is 0.211 e. The minimum Gasteiger partial charge on any atom is -0.314 e. The van der Waals surface area contributed by atoms with Crippen molar-refractivity contribution in [2.75, 3.05) is 64.9 Å². The van der Waals surface area contributed by atoms with Crippen molar-refractivity contribution in [3.8, 4) is 0 Å². The third kappa shape index (κ3) is 6.23. The summed E-state index contributed by atoms with van der Waals surface area (Å²) in [5.74, 6) is 0. The molecule has 0 amide bonds. The van der Waals surface area contributed by atoms with E-state index in [-0.39, 0.29) is 0 Å². The maximum absolute atomic E-state index is 11.5. The number of piperazine rings is 1. The zero-order valence-electron chi connectivity index (χ0n) is 14.6. The van der Waals surface area contributed by atoms with Gasteiger partial charge in [-0.2, -0.15) is 4.31 Å². The Bertz CT molecular complexity index is 538. The molecule has 0 aromatic heterocycles. The van der Waals surface area contributed by atoms with E-state index >= 15 is 0 Å². The van der Waals surface area contributed by atoms with E-state index in [1.807, 2.05) is 0 Å². The van der Waals surface area contributed by atoms with Gasteiger partial charge in [-0.25, -0.2) is 21.1 Å². The highest BCUT2D eigenvalue weighted by Crippen LogP contribution is 2.13. The number of hydrogen-bond acceptors (Lipinski definition) is 6. The Morgan fingerprint density at radius 1 is 0.833 bits per heavy atom. The van der Waals surface area contributed by atoms with Crippen molar-refractivity contribution in [1.82, 2.24) is 18.8 Å². The van der Waals surface area contributed by atoms with Gasteiger partial charge in [-0.1, -0.05) is 0 Å². The largest absolute Gasteiger partial charge is 0.314 e. The van der Waals surface area contributed by atoms with E-state index in [4.69, 9.17) is 0 Å². The Kier molecular flexibility index (Phi) is 7.03. The van der Waals surface area contributed by atoms with Gasteiger partial charge in [0.15, 0.2) is 0 Å². The molecular weight excluding hydrogens is 352 g/mol. The summed E-state index contributed by atoms with van der Waals surface area (Å²) in [6.45, 7) is 5.82. The van der Waals surface area contributed by atoms with Crippen LogP contribution in [0, 0.1) is 0 Å². The molecule has 2 aliphatic rings. The Morgan fingerprint density at radius 2 is 1.33 bits per heavy atom. The van der Waals surface area contributed by atoms with Gasteiger partial charge < -0.3 is 10.2 Å². The number of nitrogens with zero attached hydrogens (tertiary/aromatic N) is 3. The topological polar surface area (TPSA) is 90.0 Å². The quantitative estimate of drug-likeness (QED) is 0.566. The van der Waals surface area contributed by atoms with Gasteiger partial charge in [-0.3, -0.25) is 0 Å². The van der Waals surface area contributed by atoms with Gasteiger partial charge >= 0.3 is 0 Å². The van der Waals surface area contributed by atoms with Crippen LogP contribution < -0.4 is 5.32 Å². The lowest BCUT2D eigenvalue weighted by Gasteiger charge is -2.33. The summed E-state index contributed by atoms with van der Waals surface area (Å²) in [6.07, 6.45) is 5.28. The maximum Gasteiger partial charge on any atom is 0.211 e. The predicted octanol–water partition coefficient (Wildman–Crippen LogP) is -1.03. The van der Waals surface area contributed by atoms with Crippen LogP contribution >= 0.6 is 0 Å². The lowest BCUT2D eigenvalue weighted by atomic mass is 10.1. The Hall–Kier alpha value is -0.260.